The highest BCUT2D eigenvalue weighted by atomic mass is 32.1. The van der Waals surface area contributed by atoms with Crippen molar-refractivity contribution in [2.24, 2.45) is 0 Å². The van der Waals surface area contributed by atoms with E-state index >= 15 is 0 Å². The van der Waals surface area contributed by atoms with Crippen molar-refractivity contribution in [3.05, 3.63) is 68.0 Å². The zero-order chi connectivity index (χ0) is 22.2. The molecule has 0 amide bonds. The van der Waals surface area contributed by atoms with Gasteiger partial charge >= 0.3 is 0 Å². The summed E-state index contributed by atoms with van der Waals surface area (Å²) >= 11 is 1.43. The quantitative estimate of drug-likeness (QED) is 0.543. The third-order valence-electron chi connectivity index (χ3n) is 5.86. The summed E-state index contributed by atoms with van der Waals surface area (Å²) in [6.45, 7) is 4.25. The molecule has 0 saturated heterocycles. The fourth-order valence-electron chi connectivity index (χ4n) is 4.23. The molecule has 0 radical (unpaired) electrons. The van der Waals surface area contributed by atoms with Crippen LogP contribution < -0.4 is 9.47 Å². The van der Waals surface area contributed by atoms with Crippen molar-refractivity contribution in [1.82, 2.24) is 0 Å². The number of aliphatic hydroxyl groups excluding tert-OH is 1. The van der Waals surface area contributed by atoms with E-state index in [0.717, 1.165) is 4.88 Å². The number of phenols is 1. The molecule has 31 heavy (non-hydrogen) atoms. The lowest BCUT2D eigenvalue weighted by molar-refractivity contribution is -0.123. The topological polar surface area (TPSA) is 110 Å². The first-order valence-corrected chi connectivity index (χ1v) is 10.3. The lowest BCUT2D eigenvalue weighted by Gasteiger charge is -2.27. The molecule has 8 heteroatoms. The van der Waals surface area contributed by atoms with Gasteiger partial charge in [-0.15, -0.1) is 11.3 Å². The molecule has 2 aliphatic heterocycles. The molecule has 3 heterocycles. The second-order valence-electron chi connectivity index (χ2n) is 7.72. The van der Waals surface area contributed by atoms with Gasteiger partial charge in [0.1, 0.15) is 39.6 Å². The van der Waals surface area contributed by atoms with Gasteiger partial charge in [-0.2, -0.15) is 0 Å². The molecular formula is C23H16O7S. The number of aromatic hydroxyl groups is 1. The Balaban J connectivity index is 1.74. The molecule has 1 aromatic heterocycles. The van der Waals surface area contributed by atoms with Gasteiger partial charge in [0.25, 0.3) is 0 Å². The second kappa shape index (κ2) is 6.18. The minimum absolute atomic E-state index is 0.00242. The predicted octanol–water partition coefficient (Wildman–Crippen LogP) is 3.90. The Kier molecular flexibility index (Phi) is 3.85. The molecule has 7 nitrogen and oxygen atoms in total. The molecule has 0 spiro atoms. The number of aliphatic hydroxyl groups is 1. The normalized spacial score (nSPS) is 22.7. The number of phenolic OH excluding ortho intramolecular Hbond substituents is 1. The number of carbonyl (C=O) groups is 3. The Morgan fingerprint density at radius 1 is 1.19 bits per heavy atom. The van der Waals surface area contributed by atoms with E-state index in [4.69, 9.17) is 9.47 Å². The van der Waals surface area contributed by atoms with Crippen LogP contribution in [0.1, 0.15) is 40.2 Å². The average Bonchev–Trinajstić information content (AvgIpc) is 3.39. The van der Waals surface area contributed by atoms with Crippen LogP contribution in [-0.2, 0) is 15.0 Å². The van der Waals surface area contributed by atoms with Gasteiger partial charge in [0.2, 0.25) is 5.78 Å². The molecule has 0 bridgehead atoms. The summed E-state index contributed by atoms with van der Waals surface area (Å²) in [7, 11) is 0. The van der Waals surface area contributed by atoms with Crippen molar-refractivity contribution in [3.63, 3.8) is 0 Å². The summed E-state index contributed by atoms with van der Waals surface area (Å²) in [6.07, 6.45) is 2.78. The van der Waals surface area contributed by atoms with Crippen LogP contribution in [0.3, 0.4) is 0 Å². The number of benzene rings is 1. The monoisotopic (exact) mass is 436 g/mol. The lowest BCUT2D eigenvalue weighted by Crippen LogP contribution is -2.38. The molecule has 2 aromatic rings. The minimum atomic E-state index is -1.56. The van der Waals surface area contributed by atoms with Crippen molar-refractivity contribution in [2.45, 2.75) is 26.2 Å². The molecule has 2 N–H and O–H groups in total. The fourth-order valence-corrected chi connectivity index (χ4v) is 4.88. The minimum Gasteiger partial charge on any atom is -0.507 e. The Hall–Kier alpha value is -3.65. The standard InChI is InChI=1S/C23H16O7S/c1-9-18(26)17-21(16-19(27)13(29-20(9)16)7-11-5-4-6-31-11)30-14-8-12(25)15(10(2)24)22(28)23(14,17)3/h4-8,25-26H,1-3H3/b13-7-/t23-/m0/s1. The number of ether oxygens (including phenoxy) is 2. The van der Waals surface area contributed by atoms with Crippen LogP contribution in [0, 0.1) is 6.92 Å². The third kappa shape index (κ3) is 2.36. The molecule has 0 saturated carbocycles. The van der Waals surface area contributed by atoms with Crippen molar-refractivity contribution in [3.8, 4) is 17.2 Å². The predicted molar refractivity (Wildman–Crippen MR) is 112 cm³/mol. The zero-order valence-electron chi connectivity index (χ0n) is 16.7. The maximum Gasteiger partial charge on any atom is 0.235 e. The highest BCUT2D eigenvalue weighted by molar-refractivity contribution is 7.10. The van der Waals surface area contributed by atoms with Crippen LogP contribution in [0.15, 0.2) is 46.4 Å². The molecular weight excluding hydrogens is 420 g/mol. The number of thiophene rings is 1. The van der Waals surface area contributed by atoms with Gasteiger partial charge in [-0.1, -0.05) is 6.07 Å². The molecule has 0 unspecified atom stereocenters. The van der Waals surface area contributed by atoms with Crippen molar-refractivity contribution in [1.29, 1.82) is 0 Å². The maximum atomic E-state index is 13.3. The maximum absolute atomic E-state index is 13.3. The Labute approximate surface area is 180 Å². The van der Waals surface area contributed by atoms with Gasteiger partial charge in [-0.3, -0.25) is 14.4 Å². The van der Waals surface area contributed by atoms with E-state index in [-0.39, 0.29) is 51.0 Å². The van der Waals surface area contributed by atoms with E-state index in [1.165, 1.54) is 31.3 Å². The Morgan fingerprint density at radius 3 is 2.58 bits per heavy atom. The SMILES string of the molecule is CC(=O)C1=C(O)C=C2Oc3c4c(c(C)c(O)c3[C@@]2(C)C1=O)O/C(=C\c1cccs1)C4=O. The number of Topliss-reactive ketones (excluding diaryl/α,β-unsaturated/α-hetero) is 3. The zero-order valence-corrected chi connectivity index (χ0v) is 17.5. The highest BCUT2D eigenvalue weighted by Gasteiger charge is 2.56. The molecule has 3 aliphatic rings. The number of hydrogen-bond acceptors (Lipinski definition) is 8. The van der Waals surface area contributed by atoms with Gasteiger partial charge in [-0.25, -0.2) is 0 Å². The van der Waals surface area contributed by atoms with E-state index in [1.54, 1.807) is 13.0 Å². The second-order valence-corrected chi connectivity index (χ2v) is 8.70. The van der Waals surface area contributed by atoms with Crippen molar-refractivity contribution in [2.75, 3.05) is 0 Å². The number of hydrogen-bond donors (Lipinski definition) is 2. The molecule has 1 atom stereocenters. The third-order valence-corrected chi connectivity index (χ3v) is 6.67. The van der Waals surface area contributed by atoms with Gasteiger partial charge in [0.05, 0.1) is 5.56 Å². The number of rotatable bonds is 2. The lowest BCUT2D eigenvalue weighted by atomic mass is 9.71. The highest BCUT2D eigenvalue weighted by Crippen LogP contribution is 2.59. The fraction of sp³-hybridized carbons (Fsp3) is 0.174. The van der Waals surface area contributed by atoms with E-state index in [1.807, 2.05) is 17.5 Å². The molecule has 1 aromatic carbocycles. The number of carbonyl (C=O) groups excluding carboxylic acids is 3. The summed E-state index contributed by atoms with van der Waals surface area (Å²) in [6, 6.07) is 3.68. The van der Waals surface area contributed by atoms with E-state index in [0.29, 0.717) is 0 Å². The smallest absolute Gasteiger partial charge is 0.235 e. The van der Waals surface area contributed by atoms with Gasteiger partial charge in [-0.05, 0) is 32.2 Å². The number of allylic oxidation sites excluding steroid dienone is 4. The van der Waals surface area contributed by atoms with Gasteiger partial charge < -0.3 is 19.7 Å². The average molecular weight is 436 g/mol. The molecule has 0 fully saturated rings. The van der Waals surface area contributed by atoms with E-state index < -0.39 is 28.5 Å². The summed E-state index contributed by atoms with van der Waals surface area (Å²) in [5, 5.41) is 23.1. The van der Waals surface area contributed by atoms with E-state index in [2.05, 4.69) is 0 Å². The van der Waals surface area contributed by atoms with E-state index in [9.17, 15) is 24.6 Å². The van der Waals surface area contributed by atoms with Crippen LogP contribution in [-0.4, -0.2) is 27.6 Å². The first-order valence-electron chi connectivity index (χ1n) is 9.43. The van der Waals surface area contributed by atoms with Crippen LogP contribution in [0.5, 0.6) is 17.2 Å². The summed E-state index contributed by atoms with van der Waals surface area (Å²) in [5.41, 5.74) is -1.48. The summed E-state index contributed by atoms with van der Waals surface area (Å²) in [5.74, 6) is -2.27. The van der Waals surface area contributed by atoms with Gasteiger partial charge in [0.15, 0.2) is 23.1 Å². The van der Waals surface area contributed by atoms with Crippen molar-refractivity contribution >= 4 is 34.8 Å². The first kappa shape index (κ1) is 19.3. The molecule has 1 aliphatic carbocycles. The largest absolute Gasteiger partial charge is 0.507 e. The van der Waals surface area contributed by atoms with Crippen LogP contribution in [0.4, 0.5) is 0 Å². The first-order chi connectivity index (χ1) is 14.7. The van der Waals surface area contributed by atoms with Crippen LogP contribution in [0.2, 0.25) is 0 Å². The number of fused-ring (bicyclic) bond motifs is 5. The molecule has 156 valence electrons. The Morgan fingerprint density at radius 2 is 1.94 bits per heavy atom. The summed E-state index contributed by atoms with van der Waals surface area (Å²) < 4.78 is 11.6. The van der Waals surface area contributed by atoms with Crippen LogP contribution in [0.25, 0.3) is 6.08 Å². The van der Waals surface area contributed by atoms with Crippen LogP contribution >= 0.6 is 11.3 Å². The summed E-state index contributed by atoms with van der Waals surface area (Å²) in [4.78, 5) is 39.3. The molecule has 5 rings (SSSR count). The number of ketones is 3. The van der Waals surface area contributed by atoms with Gasteiger partial charge in [0, 0.05) is 22.6 Å². The Bertz CT molecular complexity index is 1320. The van der Waals surface area contributed by atoms with Crippen molar-refractivity contribution < 1.29 is 34.1 Å².